The van der Waals surface area contributed by atoms with Gasteiger partial charge in [0.25, 0.3) is 0 Å². The Kier molecular flexibility index (Phi) is 11.5. The molecule has 0 aromatic rings. The van der Waals surface area contributed by atoms with Gasteiger partial charge in [0, 0.05) is 19.3 Å². The molecule has 8 heteroatoms. The molecule has 0 aromatic carbocycles. The summed E-state index contributed by atoms with van der Waals surface area (Å²) in [5, 5.41) is 8.60. The molecule has 8 nitrogen and oxygen atoms in total. The van der Waals surface area contributed by atoms with Gasteiger partial charge in [0.2, 0.25) is 0 Å². The monoisotopic (exact) mass is 374 g/mol. The largest absolute Gasteiger partial charge is 0.481 e. The summed E-state index contributed by atoms with van der Waals surface area (Å²) in [5.74, 6) is -2.38. The van der Waals surface area contributed by atoms with Crippen molar-refractivity contribution < 1.29 is 38.4 Å². The SMILES string of the molecule is C=C(C)C(=O)OCC(COCCCC(C)(C)OC)OC(=O)CCC(=O)O. The van der Waals surface area contributed by atoms with Crippen LogP contribution in [0.2, 0.25) is 0 Å². The minimum absolute atomic E-state index is 0.0374. The number of aliphatic carboxylic acids is 1. The molecule has 0 spiro atoms. The van der Waals surface area contributed by atoms with E-state index in [1.807, 2.05) is 13.8 Å². The Morgan fingerprint density at radius 1 is 1.15 bits per heavy atom. The highest BCUT2D eigenvalue weighted by molar-refractivity contribution is 5.86. The summed E-state index contributed by atoms with van der Waals surface area (Å²) in [6.45, 7) is 9.18. The maximum absolute atomic E-state index is 11.7. The van der Waals surface area contributed by atoms with E-state index in [-0.39, 0.29) is 37.2 Å². The third-order valence-electron chi connectivity index (χ3n) is 3.51. The van der Waals surface area contributed by atoms with Crippen molar-refractivity contribution in [3.05, 3.63) is 12.2 Å². The smallest absolute Gasteiger partial charge is 0.333 e. The van der Waals surface area contributed by atoms with E-state index in [1.54, 1.807) is 7.11 Å². The fraction of sp³-hybridized carbons (Fsp3) is 0.722. The first-order valence-electron chi connectivity index (χ1n) is 8.44. The van der Waals surface area contributed by atoms with E-state index in [0.717, 1.165) is 12.8 Å². The molecule has 0 rings (SSSR count). The molecule has 0 radical (unpaired) electrons. The number of hydrogen-bond donors (Lipinski definition) is 1. The summed E-state index contributed by atoms with van der Waals surface area (Å²) in [6.07, 6.45) is 0.130. The Hall–Kier alpha value is -1.93. The van der Waals surface area contributed by atoms with E-state index in [1.165, 1.54) is 6.92 Å². The normalized spacial score (nSPS) is 12.3. The first-order chi connectivity index (χ1) is 12.1. The molecule has 0 bridgehead atoms. The summed E-state index contributed by atoms with van der Waals surface area (Å²) < 4.78 is 20.9. The predicted molar refractivity (Wildman–Crippen MR) is 93.7 cm³/mol. The lowest BCUT2D eigenvalue weighted by atomic mass is 10.0. The number of carbonyl (C=O) groups excluding carboxylic acids is 2. The van der Waals surface area contributed by atoms with Gasteiger partial charge in [0.05, 0.1) is 25.0 Å². The minimum atomic E-state index is -1.09. The lowest BCUT2D eigenvalue weighted by Gasteiger charge is -2.23. The Morgan fingerprint density at radius 3 is 2.35 bits per heavy atom. The molecule has 26 heavy (non-hydrogen) atoms. The maximum Gasteiger partial charge on any atom is 0.333 e. The topological polar surface area (TPSA) is 108 Å². The first-order valence-corrected chi connectivity index (χ1v) is 8.44. The molecule has 0 saturated heterocycles. The van der Waals surface area contributed by atoms with Crippen molar-refractivity contribution >= 4 is 17.9 Å². The number of methoxy groups -OCH3 is 1. The summed E-state index contributed by atoms with van der Waals surface area (Å²) in [7, 11) is 1.64. The van der Waals surface area contributed by atoms with Gasteiger partial charge in [-0.1, -0.05) is 6.58 Å². The molecule has 1 N–H and O–H groups in total. The van der Waals surface area contributed by atoms with Crippen molar-refractivity contribution in [2.24, 2.45) is 0 Å². The van der Waals surface area contributed by atoms with Crippen LogP contribution in [0.4, 0.5) is 0 Å². The van der Waals surface area contributed by atoms with Gasteiger partial charge in [-0.15, -0.1) is 0 Å². The van der Waals surface area contributed by atoms with Crippen LogP contribution in [0.5, 0.6) is 0 Å². The third kappa shape index (κ3) is 12.4. The van der Waals surface area contributed by atoms with Crippen LogP contribution in [0.1, 0.15) is 46.5 Å². The van der Waals surface area contributed by atoms with Gasteiger partial charge in [-0.05, 0) is 33.6 Å². The van der Waals surface area contributed by atoms with Crippen LogP contribution in [0, 0.1) is 0 Å². The molecule has 0 aliphatic rings. The number of carboxylic acid groups (broad SMARTS) is 1. The fourth-order valence-corrected chi connectivity index (χ4v) is 1.78. The number of rotatable bonds is 14. The summed E-state index contributed by atoms with van der Waals surface area (Å²) in [6, 6.07) is 0. The number of hydrogen-bond acceptors (Lipinski definition) is 7. The second kappa shape index (κ2) is 12.4. The molecule has 1 atom stereocenters. The average molecular weight is 374 g/mol. The number of esters is 2. The van der Waals surface area contributed by atoms with Crippen LogP contribution in [-0.2, 0) is 33.3 Å². The van der Waals surface area contributed by atoms with Gasteiger partial charge in [0.15, 0.2) is 6.10 Å². The van der Waals surface area contributed by atoms with E-state index in [2.05, 4.69) is 6.58 Å². The van der Waals surface area contributed by atoms with Crippen molar-refractivity contribution in [3.8, 4) is 0 Å². The Bertz CT molecular complexity index is 484. The number of carbonyl (C=O) groups is 3. The van der Waals surface area contributed by atoms with Gasteiger partial charge in [0.1, 0.15) is 6.61 Å². The van der Waals surface area contributed by atoms with Crippen molar-refractivity contribution in [1.29, 1.82) is 0 Å². The highest BCUT2D eigenvalue weighted by Crippen LogP contribution is 2.15. The molecule has 0 saturated carbocycles. The molecular weight excluding hydrogens is 344 g/mol. The second-order valence-electron chi connectivity index (χ2n) is 6.53. The summed E-state index contributed by atoms with van der Waals surface area (Å²) in [5.41, 5.74) is -0.0213. The standard InChI is InChI=1S/C18H30O8/c1-13(2)17(22)25-12-14(26-16(21)8-7-15(19)20)11-24-10-6-9-18(3,4)23-5/h14H,1,6-12H2,2-5H3,(H,19,20). The molecular formula is C18H30O8. The van der Waals surface area contributed by atoms with Crippen LogP contribution in [-0.4, -0.2) is 61.6 Å². The zero-order valence-corrected chi connectivity index (χ0v) is 16.0. The van der Waals surface area contributed by atoms with Crippen LogP contribution in [0.25, 0.3) is 0 Å². The van der Waals surface area contributed by atoms with Gasteiger partial charge in [-0.2, -0.15) is 0 Å². The highest BCUT2D eigenvalue weighted by atomic mass is 16.6. The summed E-state index contributed by atoms with van der Waals surface area (Å²) >= 11 is 0. The maximum atomic E-state index is 11.7. The van der Waals surface area contributed by atoms with Crippen LogP contribution >= 0.6 is 0 Å². The lowest BCUT2D eigenvalue weighted by molar-refractivity contribution is -0.162. The van der Waals surface area contributed by atoms with Gasteiger partial charge >= 0.3 is 17.9 Å². The molecule has 0 aliphatic carbocycles. The van der Waals surface area contributed by atoms with Gasteiger partial charge < -0.3 is 24.1 Å². The van der Waals surface area contributed by atoms with Crippen molar-refractivity contribution in [2.45, 2.75) is 58.2 Å². The quantitative estimate of drug-likeness (QED) is 0.280. The lowest BCUT2D eigenvalue weighted by Crippen LogP contribution is -2.30. The van der Waals surface area contributed by atoms with Crippen LogP contribution in [0.3, 0.4) is 0 Å². The minimum Gasteiger partial charge on any atom is -0.481 e. The zero-order valence-electron chi connectivity index (χ0n) is 16.0. The molecule has 150 valence electrons. The van der Waals surface area contributed by atoms with Crippen molar-refractivity contribution in [2.75, 3.05) is 26.9 Å². The van der Waals surface area contributed by atoms with E-state index in [0.29, 0.717) is 6.61 Å². The van der Waals surface area contributed by atoms with E-state index >= 15 is 0 Å². The Balaban J connectivity index is 4.38. The zero-order chi connectivity index (χ0) is 20.2. The fourth-order valence-electron chi connectivity index (χ4n) is 1.78. The third-order valence-corrected chi connectivity index (χ3v) is 3.51. The van der Waals surface area contributed by atoms with E-state index in [4.69, 9.17) is 24.1 Å². The van der Waals surface area contributed by atoms with Gasteiger partial charge in [-0.3, -0.25) is 9.59 Å². The molecule has 0 aromatic heterocycles. The molecule has 1 unspecified atom stereocenters. The van der Waals surface area contributed by atoms with Gasteiger partial charge in [-0.25, -0.2) is 4.79 Å². The number of carboxylic acids is 1. The Morgan fingerprint density at radius 2 is 1.81 bits per heavy atom. The van der Waals surface area contributed by atoms with Crippen LogP contribution < -0.4 is 0 Å². The average Bonchev–Trinajstić information content (AvgIpc) is 2.56. The molecule has 0 fully saturated rings. The Labute approximate surface area is 154 Å². The van der Waals surface area contributed by atoms with Crippen molar-refractivity contribution in [1.82, 2.24) is 0 Å². The second-order valence-corrected chi connectivity index (χ2v) is 6.53. The molecule has 0 heterocycles. The number of ether oxygens (including phenoxy) is 4. The molecule has 0 aliphatic heterocycles. The first kappa shape index (κ1) is 24.1. The van der Waals surface area contributed by atoms with Crippen molar-refractivity contribution in [3.63, 3.8) is 0 Å². The van der Waals surface area contributed by atoms with Crippen LogP contribution in [0.15, 0.2) is 12.2 Å². The summed E-state index contributed by atoms with van der Waals surface area (Å²) in [4.78, 5) is 33.7. The van der Waals surface area contributed by atoms with E-state index < -0.39 is 24.0 Å². The predicted octanol–water partition coefficient (Wildman–Crippen LogP) is 2.10. The molecule has 0 amide bonds. The highest BCUT2D eigenvalue weighted by Gasteiger charge is 2.19. The van der Waals surface area contributed by atoms with E-state index in [9.17, 15) is 14.4 Å².